The molecule has 0 saturated heterocycles. The SMILES string of the molecule is O=C(CSc1nnc(CNC(=O)C23CC4CC(CC(C4)C2)C3)n1Cc1ccccc1)Nc1ccccc1. The largest absolute Gasteiger partial charge is 0.348 e. The van der Waals surface area contributed by atoms with Crippen molar-refractivity contribution in [2.75, 3.05) is 11.1 Å². The molecule has 0 atom stereocenters. The van der Waals surface area contributed by atoms with Crippen LogP contribution >= 0.6 is 11.8 Å². The standard InChI is InChI=1S/C29H33N5O2S/c35-26(31-24-9-5-2-6-10-24)19-37-28-33-32-25(34(28)18-20-7-3-1-4-8-20)17-30-27(36)29-14-21-11-22(15-29)13-23(12-21)16-29/h1-10,21-23H,11-19H2,(H,30,36)(H,31,35). The van der Waals surface area contributed by atoms with Crippen LogP contribution in [0.3, 0.4) is 0 Å². The Kier molecular flexibility index (Phi) is 6.76. The number of carbonyl (C=O) groups excluding carboxylic acids is 2. The number of nitrogens with zero attached hydrogens (tertiary/aromatic N) is 3. The number of carbonyl (C=O) groups is 2. The number of benzene rings is 2. The van der Waals surface area contributed by atoms with Crippen molar-refractivity contribution in [2.45, 2.75) is 56.8 Å². The fraction of sp³-hybridized carbons (Fsp3) is 0.448. The van der Waals surface area contributed by atoms with Crippen LogP contribution in [0.5, 0.6) is 0 Å². The lowest BCUT2D eigenvalue weighted by Crippen LogP contribution is -2.53. The summed E-state index contributed by atoms with van der Waals surface area (Å²) in [5, 5.41) is 15.7. The van der Waals surface area contributed by atoms with E-state index in [1.54, 1.807) is 0 Å². The summed E-state index contributed by atoms with van der Waals surface area (Å²) in [6, 6.07) is 19.6. The molecule has 7 rings (SSSR count). The van der Waals surface area contributed by atoms with Crippen molar-refractivity contribution in [3.05, 3.63) is 72.1 Å². The van der Waals surface area contributed by atoms with Gasteiger partial charge in [0.1, 0.15) is 0 Å². The summed E-state index contributed by atoms with van der Waals surface area (Å²) in [5.74, 6) is 3.21. The average Bonchev–Trinajstić information content (AvgIpc) is 3.27. The Morgan fingerprint density at radius 3 is 2.16 bits per heavy atom. The summed E-state index contributed by atoms with van der Waals surface area (Å²) in [4.78, 5) is 26.0. The highest BCUT2D eigenvalue weighted by Gasteiger charge is 2.54. The Hall–Kier alpha value is -3.13. The molecule has 2 amide bonds. The first-order chi connectivity index (χ1) is 18.1. The molecule has 0 aliphatic heterocycles. The third-order valence-corrected chi connectivity index (χ3v) is 9.26. The molecule has 3 aromatic rings. The van der Waals surface area contributed by atoms with E-state index in [0.717, 1.165) is 48.3 Å². The monoisotopic (exact) mass is 515 g/mol. The van der Waals surface area contributed by atoms with Crippen molar-refractivity contribution in [2.24, 2.45) is 23.2 Å². The molecule has 2 aromatic carbocycles. The summed E-state index contributed by atoms with van der Waals surface area (Å²) in [7, 11) is 0. The van der Waals surface area contributed by atoms with Gasteiger partial charge >= 0.3 is 0 Å². The molecule has 4 bridgehead atoms. The number of thioether (sulfide) groups is 1. The van der Waals surface area contributed by atoms with E-state index in [1.807, 2.05) is 53.1 Å². The summed E-state index contributed by atoms with van der Waals surface area (Å²) in [6.45, 7) is 0.927. The molecule has 7 nitrogen and oxygen atoms in total. The Morgan fingerprint density at radius 2 is 1.51 bits per heavy atom. The maximum Gasteiger partial charge on any atom is 0.234 e. The van der Waals surface area contributed by atoms with Crippen LogP contribution in [-0.2, 0) is 22.7 Å². The van der Waals surface area contributed by atoms with Gasteiger partial charge < -0.3 is 15.2 Å². The molecule has 0 radical (unpaired) electrons. The van der Waals surface area contributed by atoms with Gasteiger partial charge in [-0.25, -0.2) is 0 Å². The highest BCUT2D eigenvalue weighted by molar-refractivity contribution is 7.99. The zero-order valence-electron chi connectivity index (χ0n) is 20.9. The first-order valence-electron chi connectivity index (χ1n) is 13.3. The van der Waals surface area contributed by atoms with Crippen LogP contribution in [0.2, 0.25) is 0 Å². The van der Waals surface area contributed by atoms with Gasteiger partial charge in [0.2, 0.25) is 11.8 Å². The lowest BCUT2D eigenvalue weighted by molar-refractivity contribution is -0.146. The second-order valence-corrected chi connectivity index (χ2v) is 12.0. The lowest BCUT2D eigenvalue weighted by atomic mass is 9.49. The van der Waals surface area contributed by atoms with Crippen LogP contribution in [0.25, 0.3) is 0 Å². The molecule has 4 saturated carbocycles. The molecule has 2 N–H and O–H groups in total. The molecule has 37 heavy (non-hydrogen) atoms. The van der Waals surface area contributed by atoms with E-state index in [-0.39, 0.29) is 23.0 Å². The summed E-state index contributed by atoms with van der Waals surface area (Å²) in [6.07, 6.45) is 7.07. The van der Waals surface area contributed by atoms with Gasteiger partial charge in [-0.2, -0.15) is 0 Å². The number of hydrogen-bond donors (Lipinski definition) is 2. The molecule has 4 aliphatic carbocycles. The fourth-order valence-corrected chi connectivity index (χ4v) is 7.82. The van der Waals surface area contributed by atoms with Crippen LogP contribution < -0.4 is 10.6 Å². The first-order valence-corrected chi connectivity index (χ1v) is 14.3. The minimum atomic E-state index is -0.188. The van der Waals surface area contributed by atoms with E-state index in [4.69, 9.17) is 0 Å². The van der Waals surface area contributed by atoms with Crippen molar-refractivity contribution in [3.63, 3.8) is 0 Å². The molecule has 8 heteroatoms. The van der Waals surface area contributed by atoms with Gasteiger partial charge in [0.25, 0.3) is 0 Å². The minimum absolute atomic E-state index is 0.0952. The molecule has 0 unspecified atom stereocenters. The molecule has 192 valence electrons. The van der Waals surface area contributed by atoms with Crippen LogP contribution in [0, 0.1) is 23.2 Å². The molecular weight excluding hydrogens is 482 g/mol. The van der Waals surface area contributed by atoms with E-state index in [1.165, 1.54) is 31.0 Å². The Balaban J connectivity index is 1.15. The second kappa shape index (κ2) is 10.3. The van der Waals surface area contributed by atoms with Gasteiger partial charge in [-0.1, -0.05) is 60.3 Å². The second-order valence-electron chi connectivity index (χ2n) is 11.1. The fourth-order valence-electron chi connectivity index (χ4n) is 7.07. The zero-order chi connectivity index (χ0) is 25.2. The Morgan fingerprint density at radius 1 is 0.892 bits per heavy atom. The van der Waals surface area contributed by atoms with Crippen molar-refractivity contribution in [1.29, 1.82) is 0 Å². The van der Waals surface area contributed by atoms with Crippen molar-refractivity contribution >= 4 is 29.3 Å². The van der Waals surface area contributed by atoms with Gasteiger partial charge in [0.05, 0.1) is 18.8 Å². The number of para-hydroxylation sites is 1. The van der Waals surface area contributed by atoms with Crippen molar-refractivity contribution < 1.29 is 9.59 Å². The van der Waals surface area contributed by atoms with Gasteiger partial charge in [0.15, 0.2) is 11.0 Å². The number of anilines is 1. The van der Waals surface area contributed by atoms with Crippen LogP contribution in [0.1, 0.15) is 49.9 Å². The first kappa shape index (κ1) is 24.2. The summed E-state index contributed by atoms with van der Waals surface area (Å²) >= 11 is 1.36. The molecule has 1 heterocycles. The Labute approximate surface area is 221 Å². The molecule has 0 spiro atoms. The van der Waals surface area contributed by atoms with Gasteiger partial charge in [-0.05, 0) is 74.0 Å². The van der Waals surface area contributed by atoms with E-state index in [0.29, 0.717) is 24.1 Å². The number of amides is 2. The van der Waals surface area contributed by atoms with Gasteiger partial charge in [0, 0.05) is 11.1 Å². The predicted octanol–water partition coefficient (Wildman–Crippen LogP) is 4.89. The predicted molar refractivity (Wildman–Crippen MR) is 144 cm³/mol. The van der Waals surface area contributed by atoms with Gasteiger partial charge in [-0.3, -0.25) is 9.59 Å². The highest BCUT2D eigenvalue weighted by atomic mass is 32.2. The van der Waals surface area contributed by atoms with E-state index in [2.05, 4.69) is 33.0 Å². The zero-order valence-corrected chi connectivity index (χ0v) is 21.8. The normalized spacial score (nSPS) is 25.7. The third kappa shape index (κ3) is 5.30. The van der Waals surface area contributed by atoms with E-state index >= 15 is 0 Å². The van der Waals surface area contributed by atoms with Crippen molar-refractivity contribution in [3.8, 4) is 0 Å². The number of aromatic nitrogens is 3. The maximum absolute atomic E-state index is 13.5. The van der Waals surface area contributed by atoms with Crippen molar-refractivity contribution in [1.82, 2.24) is 20.1 Å². The number of hydrogen-bond acceptors (Lipinski definition) is 5. The van der Waals surface area contributed by atoms with Crippen LogP contribution in [0.4, 0.5) is 5.69 Å². The van der Waals surface area contributed by atoms with Crippen LogP contribution in [0.15, 0.2) is 65.8 Å². The number of nitrogens with one attached hydrogen (secondary N) is 2. The topological polar surface area (TPSA) is 88.9 Å². The molecule has 4 aliphatic rings. The van der Waals surface area contributed by atoms with E-state index in [9.17, 15) is 9.59 Å². The maximum atomic E-state index is 13.5. The summed E-state index contributed by atoms with van der Waals surface area (Å²) < 4.78 is 2.02. The third-order valence-electron chi connectivity index (χ3n) is 8.29. The number of rotatable bonds is 9. The molecular formula is C29H33N5O2S. The highest BCUT2D eigenvalue weighted by Crippen LogP contribution is 2.60. The average molecular weight is 516 g/mol. The Bertz CT molecular complexity index is 1220. The van der Waals surface area contributed by atoms with Crippen LogP contribution in [-0.4, -0.2) is 32.3 Å². The van der Waals surface area contributed by atoms with Gasteiger partial charge in [-0.15, -0.1) is 10.2 Å². The lowest BCUT2D eigenvalue weighted by Gasteiger charge is -2.55. The quantitative estimate of drug-likeness (QED) is 0.396. The molecule has 4 fully saturated rings. The minimum Gasteiger partial charge on any atom is -0.348 e. The summed E-state index contributed by atoms with van der Waals surface area (Å²) in [5.41, 5.74) is 1.70. The molecule has 1 aromatic heterocycles. The smallest absolute Gasteiger partial charge is 0.234 e. The van der Waals surface area contributed by atoms with E-state index < -0.39 is 0 Å².